The zero-order valence-corrected chi connectivity index (χ0v) is 11.8. The molecule has 2 rings (SSSR count). The minimum Gasteiger partial charge on any atom is -0.508 e. The minimum atomic E-state index is -0.789. The molecule has 3 N–H and O–H groups in total. The topological polar surface area (TPSA) is 87.7 Å². The zero-order chi connectivity index (χ0) is 15.4. The number of esters is 1. The molecule has 0 aromatic heterocycles. The number of ether oxygens (including phenoxy) is 1. The summed E-state index contributed by atoms with van der Waals surface area (Å²) in [5, 5.41) is 15.1. The van der Waals surface area contributed by atoms with E-state index >= 15 is 0 Å². The maximum atomic E-state index is 12.2. The van der Waals surface area contributed by atoms with Crippen LogP contribution in [-0.2, 0) is 9.53 Å². The number of benzene rings is 1. The van der Waals surface area contributed by atoms with Gasteiger partial charge in [-0.05, 0) is 12.5 Å². The number of hydrogen-bond acceptors (Lipinski definition) is 4. The number of carbonyl (C=O) groups excluding carboxylic acids is 2. The van der Waals surface area contributed by atoms with Crippen LogP contribution in [0.25, 0.3) is 0 Å². The van der Waals surface area contributed by atoms with Gasteiger partial charge in [-0.25, -0.2) is 4.79 Å². The minimum absolute atomic E-state index is 0.00536. The van der Waals surface area contributed by atoms with Gasteiger partial charge in [0.1, 0.15) is 11.7 Å². The summed E-state index contributed by atoms with van der Waals surface area (Å²) < 4.78 is 5.16. The predicted molar refractivity (Wildman–Crippen MR) is 76.4 cm³/mol. The van der Waals surface area contributed by atoms with E-state index in [1.54, 1.807) is 18.2 Å². The smallest absolute Gasteiger partial charge is 0.319 e. The van der Waals surface area contributed by atoms with Crippen LogP contribution < -0.4 is 10.6 Å². The van der Waals surface area contributed by atoms with Crippen molar-refractivity contribution < 1.29 is 19.4 Å². The molecule has 1 aliphatic heterocycles. The van der Waals surface area contributed by atoms with Crippen LogP contribution in [0, 0.1) is 5.92 Å². The summed E-state index contributed by atoms with van der Waals surface area (Å²) in [6.07, 6.45) is 0.700. The summed E-state index contributed by atoms with van der Waals surface area (Å²) in [4.78, 5) is 23.8. The third kappa shape index (κ3) is 3.16. The third-order valence-electron chi connectivity index (χ3n) is 3.24. The molecule has 2 atom stereocenters. The van der Waals surface area contributed by atoms with Gasteiger partial charge in [0.15, 0.2) is 0 Å². The summed E-state index contributed by atoms with van der Waals surface area (Å²) in [5.41, 5.74) is 0.708. The van der Waals surface area contributed by atoms with Gasteiger partial charge in [-0.1, -0.05) is 31.7 Å². The van der Waals surface area contributed by atoms with Crippen molar-refractivity contribution in [1.82, 2.24) is 10.6 Å². The van der Waals surface area contributed by atoms with E-state index in [1.165, 1.54) is 6.07 Å². The summed E-state index contributed by atoms with van der Waals surface area (Å²) in [6.45, 7) is 5.91. The Morgan fingerprint density at radius 2 is 2.14 bits per heavy atom. The molecule has 1 fully saturated rings. The third-order valence-corrected chi connectivity index (χ3v) is 3.24. The fourth-order valence-electron chi connectivity index (χ4n) is 2.26. The molecular formula is C15H18N2O4. The fourth-order valence-corrected chi connectivity index (χ4v) is 2.26. The highest BCUT2D eigenvalue weighted by Crippen LogP contribution is 2.34. The zero-order valence-electron chi connectivity index (χ0n) is 11.8. The van der Waals surface area contributed by atoms with Crippen LogP contribution in [0.1, 0.15) is 24.9 Å². The highest BCUT2D eigenvalue weighted by Gasteiger charge is 2.39. The van der Waals surface area contributed by atoms with Gasteiger partial charge in [-0.2, -0.15) is 0 Å². The lowest BCUT2D eigenvalue weighted by Crippen LogP contribution is -2.51. The average Bonchev–Trinajstić information content (AvgIpc) is 2.44. The Morgan fingerprint density at radius 3 is 2.81 bits per heavy atom. The summed E-state index contributed by atoms with van der Waals surface area (Å²) in [5.74, 6) is -1.27. The Morgan fingerprint density at radius 1 is 1.43 bits per heavy atom. The summed E-state index contributed by atoms with van der Waals surface area (Å²) >= 11 is 0. The van der Waals surface area contributed by atoms with Gasteiger partial charge >= 0.3 is 12.0 Å². The lowest BCUT2D eigenvalue weighted by Gasteiger charge is -2.33. The first-order valence-electron chi connectivity index (χ1n) is 6.75. The molecule has 2 unspecified atom stereocenters. The van der Waals surface area contributed by atoms with Gasteiger partial charge in [0.05, 0.1) is 12.6 Å². The number of carbonyl (C=O) groups is 2. The first-order chi connectivity index (χ1) is 10.0. The largest absolute Gasteiger partial charge is 0.508 e. The Labute approximate surface area is 122 Å². The number of rotatable bonds is 4. The molecule has 0 radical (unpaired) electrons. The van der Waals surface area contributed by atoms with Gasteiger partial charge in [-0.3, -0.25) is 4.79 Å². The monoisotopic (exact) mass is 290 g/mol. The standard InChI is InChI=1S/C15H18N2O4/c1-3-8-21-14(19)12-9(2)16-15(20)17-13(12)10-6-4-5-7-11(10)18/h4-7,12-13,18H,2-3,8H2,1H3,(H2,16,17,20). The molecular weight excluding hydrogens is 272 g/mol. The van der Waals surface area contributed by atoms with E-state index < -0.39 is 24.0 Å². The van der Waals surface area contributed by atoms with Crippen LogP contribution in [0.5, 0.6) is 5.75 Å². The van der Waals surface area contributed by atoms with Gasteiger partial charge in [-0.15, -0.1) is 0 Å². The lowest BCUT2D eigenvalue weighted by atomic mass is 9.88. The van der Waals surface area contributed by atoms with E-state index in [0.717, 1.165) is 0 Å². The van der Waals surface area contributed by atoms with Gasteiger partial charge in [0, 0.05) is 11.3 Å². The second-order valence-corrected chi connectivity index (χ2v) is 4.81. The maximum Gasteiger partial charge on any atom is 0.319 e. The highest BCUT2D eigenvalue weighted by atomic mass is 16.5. The van der Waals surface area contributed by atoms with E-state index in [9.17, 15) is 14.7 Å². The van der Waals surface area contributed by atoms with Crippen LogP contribution in [0.15, 0.2) is 36.5 Å². The molecule has 1 aromatic carbocycles. The number of amides is 2. The molecule has 6 heteroatoms. The van der Waals surface area contributed by atoms with Crippen molar-refractivity contribution >= 4 is 12.0 Å². The summed E-state index contributed by atoms with van der Waals surface area (Å²) in [6, 6.07) is 5.37. The molecule has 1 aliphatic rings. The highest BCUT2D eigenvalue weighted by molar-refractivity contribution is 5.85. The van der Waals surface area contributed by atoms with E-state index in [0.29, 0.717) is 18.6 Å². The van der Waals surface area contributed by atoms with Gasteiger partial charge < -0.3 is 20.5 Å². The Hall–Kier alpha value is -2.50. The summed E-state index contributed by atoms with van der Waals surface area (Å²) in [7, 11) is 0. The molecule has 1 saturated heterocycles. The first-order valence-corrected chi connectivity index (χ1v) is 6.75. The number of phenols is 1. The van der Waals surface area contributed by atoms with Gasteiger partial charge in [0.2, 0.25) is 0 Å². The molecule has 1 heterocycles. The van der Waals surface area contributed by atoms with E-state index in [1.807, 2.05) is 6.92 Å². The normalized spacial score (nSPS) is 21.4. The van der Waals surface area contributed by atoms with E-state index in [4.69, 9.17) is 4.74 Å². The Bertz CT molecular complexity index is 571. The molecule has 0 aliphatic carbocycles. The second kappa shape index (κ2) is 6.30. The van der Waals surface area contributed by atoms with E-state index in [2.05, 4.69) is 17.2 Å². The quantitative estimate of drug-likeness (QED) is 0.738. The SMILES string of the molecule is C=C1NC(=O)NC(c2ccccc2O)C1C(=O)OCCC. The Balaban J connectivity index is 2.33. The van der Waals surface area contributed by atoms with Crippen LogP contribution in [0.3, 0.4) is 0 Å². The van der Waals surface area contributed by atoms with E-state index in [-0.39, 0.29) is 11.4 Å². The van der Waals surface area contributed by atoms with Crippen molar-refractivity contribution in [1.29, 1.82) is 0 Å². The predicted octanol–water partition coefficient (Wildman–Crippen LogP) is 1.83. The molecule has 6 nitrogen and oxygen atoms in total. The first kappa shape index (κ1) is 14.9. The average molecular weight is 290 g/mol. The fraction of sp³-hybridized carbons (Fsp3) is 0.333. The van der Waals surface area contributed by atoms with Crippen LogP contribution in [0.2, 0.25) is 0 Å². The molecule has 1 aromatic rings. The number of hydrogen-bond donors (Lipinski definition) is 3. The van der Waals surface area contributed by atoms with Crippen molar-refractivity contribution in [2.24, 2.45) is 5.92 Å². The number of para-hydroxylation sites is 1. The number of nitrogens with one attached hydrogen (secondary N) is 2. The van der Waals surface area contributed by atoms with Crippen molar-refractivity contribution in [2.45, 2.75) is 19.4 Å². The van der Waals surface area contributed by atoms with Crippen LogP contribution in [-0.4, -0.2) is 23.7 Å². The molecule has 0 saturated carbocycles. The number of phenolic OH excluding ortho intramolecular Hbond substituents is 1. The molecule has 2 amide bonds. The number of aromatic hydroxyl groups is 1. The van der Waals surface area contributed by atoms with Crippen molar-refractivity contribution in [3.63, 3.8) is 0 Å². The molecule has 21 heavy (non-hydrogen) atoms. The lowest BCUT2D eigenvalue weighted by molar-refractivity contribution is -0.148. The van der Waals surface area contributed by atoms with Crippen LogP contribution >= 0.6 is 0 Å². The molecule has 0 bridgehead atoms. The number of urea groups is 1. The van der Waals surface area contributed by atoms with Gasteiger partial charge in [0.25, 0.3) is 0 Å². The maximum absolute atomic E-state index is 12.2. The molecule has 0 spiro atoms. The van der Waals surface area contributed by atoms with Crippen molar-refractivity contribution in [3.05, 3.63) is 42.1 Å². The van der Waals surface area contributed by atoms with Crippen molar-refractivity contribution in [3.8, 4) is 5.75 Å². The Kier molecular flexibility index (Phi) is 4.47. The molecule has 112 valence electrons. The van der Waals surface area contributed by atoms with Crippen molar-refractivity contribution in [2.75, 3.05) is 6.61 Å². The van der Waals surface area contributed by atoms with Crippen LogP contribution in [0.4, 0.5) is 4.79 Å². The second-order valence-electron chi connectivity index (χ2n) is 4.81.